The van der Waals surface area contributed by atoms with Crippen molar-refractivity contribution in [3.63, 3.8) is 0 Å². The lowest BCUT2D eigenvalue weighted by Gasteiger charge is -2.37. The van der Waals surface area contributed by atoms with E-state index in [-0.39, 0.29) is 25.5 Å². The first-order chi connectivity index (χ1) is 13.2. The fourth-order valence-electron chi connectivity index (χ4n) is 3.70. The minimum absolute atomic E-state index is 0.0256. The molecule has 1 fully saturated rings. The molecule has 0 saturated carbocycles. The van der Waals surface area contributed by atoms with Crippen LogP contribution in [0.2, 0.25) is 0 Å². The molecule has 3 heterocycles. The Balaban J connectivity index is 1.61. The van der Waals surface area contributed by atoms with E-state index in [0.29, 0.717) is 30.7 Å². The molecule has 10 heteroatoms. The normalized spacial score (nSPS) is 20.0. The molecule has 2 aliphatic rings. The summed E-state index contributed by atoms with van der Waals surface area (Å²) in [7, 11) is 0. The van der Waals surface area contributed by atoms with Gasteiger partial charge in [0.25, 0.3) is 0 Å². The van der Waals surface area contributed by atoms with Gasteiger partial charge in [0.1, 0.15) is 18.0 Å². The van der Waals surface area contributed by atoms with Gasteiger partial charge in [-0.05, 0) is 30.5 Å². The summed E-state index contributed by atoms with van der Waals surface area (Å²) in [6.45, 7) is -0.0739. The van der Waals surface area contributed by atoms with Crippen molar-refractivity contribution in [1.29, 1.82) is 0 Å². The van der Waals surface area contributed by atoms with Gasteiger partial charge in [0.2, 0.25) is 5.91 Å². The Labute approximate surface area is 157 Å². The fourth-order valence-corrected chi connectivity index (χ4v) is 3.70. The third-order valence-corrected chi connectivity index (χ3v) is 5.15. The van der Waals surface area contributed by atoms with Crippen LogP contribution in [0.1, 0.15) is 35.8 Å². The molecule has 0 spiro atoms. The Bertz CT molecular complexity index is 959. The lowest BCUT2D eigenvalue weighted by molar-refractivity contribution is -0.142. The van der Waals surface area contributed by atoms with Gasteiger partial charge in [-0.2, -0.15) is 18.3 Å². The molecule has 0 radical (unpaired) electrons. The van der Waals surface area contributed by atoms with Crippen LogP contribution in [-0.2, 0) is 23.9 Å². The predicted molar refractivity (Wildman–Crippen MR) is 90.5 cm³/mol. The molecule has 0 unspecified atom stereocenters. The maximum absolute atomic E-state index is 13.1. The van der Waals surface area contributed by atoms with Crippen LogP contribution in [-0.4, -0.2) is 44.4 Å². The van der Waals surface area contributed by atoms with E-state index in [1.165, 1.54) is 21.6 Å². The molecule has 4 rings (SSSR count). The number of nitrogens with zero attached hydrogens (tertiary/aromatic N) is 4. The zero-order valence-electron chi connectivity index (χ0n) is 14.8. The summed E-state index contributed by atoms with van der Waals surface area (Å²) < 4.78 is 54.2. The van der Waals surface area contributed by atoms with Gasteiger partial charge in [-0.15, -0.1) is 0 Å². The standard InChI is InChI=1S/C18H18F4N4O2/c19-13-9-24(10-13)16(27)14-5-2-6-15-23-25(17(28)26(14)15)8-11-3-1-4-12(7-11)18(20,21)22/h1,3-4,7,13-14H,2,5-6,8-10H2/t14-/m0/s1. The highest BCUT2D eigenvalue weighted by molar-refractivity contribution is 5.81. The molecular weight excluding hydrogens is 380 g/mol. The maximum atomic E-state index is 13.1. The van der Waals surface area contributed by atoms with Crippen LogP contribution in [0.25, 0.3) is 0 Å². The molecule has 2 aromatic rings. The minimum atomic E-state index is -4.47. The molecule has 1 atom stereocenters. The van der Waals surface area contributed by atoms with E-state index in [0.717, 1.165) is 16.8 Å². The molecule has 0 aliphatic carbocycles. The summed E-state index contributed by atoms with van der Waals surface area (Å²) in [5.74, 6) is 0.120. The third kappa shape index (κ3) is 3.31. The van der Waals surface area contributed by atoms with Crippen molar-refractivity contribution >= 4 is 5.91 Å². The molecule has 0 bridgehead atoms. The van der Waals surface area contributed by atoms with Crippen LogP contribution in [0.15, 0.2) is 29.1 Å². The first-order valence-corrected chi connectivity index (χ1v) is 9.01. The summed E-state index contributed by atoms with van der Waals surface area (Å²) in [5, 5.41) is 4.23. The number of fused-ring (bicyclic) bond motifs is 1. The number of hydrogen-bond acceptors (Lipinski definition) is 3. The minimum Gasteiger partial charge on any atom is -0.335 e. The molecule has 1 saturated heterocycles. The number of carbonyl (C=O) groups is 1. The van der Waals surface area contributed by atoms with Crippen LogP contribution in [0.5, 0.6) is 0 Å². The van der Waals surface area contributed by atoms with Gasteiger partial charge in [-0.1, -0.05) is 12.1 Å². The maximum Gasteiger partial charge on any atom is 0.416 e. The molecular formula is C18H18F4N4O2. The Morgan fingerprint density at radius 3 is 2.68 bits per heavy atom. The largest absolute Gasteiger partial charge is 0.416 e. The average Bonchev–Trinajstić information content (AvgIpc) is 2.94. The van der Waals surface area contributed by atoms with Crippen molar-refractivity contribution in [2.45, 2.75) is 44.2 Å². The first-order valence-electron chi connectivity index (χ1n) is 9.01. The van der Waals surface area contributed by atoms with Gasteiger partial charge >= 0.3 is 11.9 Å². The van der Waals surface area contributed by atoms with Crippen LogP contribution < -0.4 is 5.69 Å². The molecule has 28 heavy (non-hydrogen) atoms. The topological polar surface area (TPSA) is 60.1 Å². The van der Waals surface area contributed by atoms with Gasteiger partial charge in [0.15, 0.2) is 0 Å². The van der Waals surface area contributed by atoms with Gasteiger partial charge < -0.3 is 4.90 Å². The average molecular weight is 398 g/mol. The summed E-state index contributed by atoms with van der Waals surface area (Å²) in [5.41, 5.74) is -1.05. The Hall–Kier alpha value is -2.65. The zero-order valence-corrected chi connectivity index (χ0v) is 14.8. The molecule has 6 nitrogen and oxygen atoms in total. The monoisotopic (exact) mass is 398 g/mol. The lowest BCUT2D eigenvalue weighted by Crippen LogP contribution is -2.54. The van der Waals surface area contributed by atoms with E-state index in [2.05, 4.69) is 5.10 Å². The van der Waals surface area contributed by atoms with Crippen molar-refractivity contribution in [2.75, 3.05) is 13.1 Å². The van der Waals surface area contributed by atoms with Crippen LogP contribution in [0, 0.1) is 0 Å². The van der Waals surface area contributed by atoms with Gasteiger partial charge in [-0.25, -0.2) is 13.9 Å². The van der Waals surface area contributed by atoms with Gasteiger partial charge in [-0.3, -0.25) is 9.36 Å². The van der Waals surface area contributed by atoms with Crippen molar-refractivity contribution in [3.8, 4) is 0 Å². The molecule has 150 valence electrons. The van der Waals surface area contributed by atoms with E-state index in [1.54, 1.807) is 0 Å². The van der Waals surface area contributed by atoms with E-state index in [9.17, 15) is 27.2 Å². The number of alkyl halides is 4. The number of aryl methyl sites for hydroxylation is 1. The second-order valence-electron chi connectivity index (χ2n) is 7.17. The van der Waals surface area contributed by atoms with Crippen LogP contribution in [0.4, 0.5) is 17.6 Å². The highest BCUT2D eigenvalue weighted by atomic mass is 19.4. The Morgan fingerprint density at radius 1 is 1.25 bits per heavy atom. The second kappa shape index (κ2) is 6.75. The predicted octanol–water partition coefficient (Wildman–Crippen LogP) is 2.17. The first kappa shape index (κ1) is 18.7. The molecule has 1 amide bonds. The lowest BCUT2D eigenvalue weighted by atomic mass is 10.0. The van der Waals surface area contributed by atoms with Gasteiger partial charge in [0.05, 0.1) is 25.2 Å². The third-order valence-electron chi connectivity index (χ3n) is 5.15. The summed E-state index contributed by atoms with van der Waals surface area (Å²) in [6.07, 6.45) is -3.90. The number of benzene rings is 1. The number of aromatic nitrogens is 3. The van der Waals surface area contributed by atoms with E-state index >= 15 is 0 Å². The number of likely N-dealkylation sites (tertiary alicyclic amines) is 1. The smallest absolute Gasteiger partial charge is 0.335 e. The summed E-state index contributed by atoms with van der Waals surface area (Å²) in [4.78, 5) is 26.8. The van der Waals surface area contributed by atoms with Crippen molar-refractivity contribution in [1.82, 2.24) is 19.2 Å². The summed E-state index contributed by atoms with van der Waals surface area (Å²) >= 11 is 0. The molecule has 1 aromatic heterocycles. The van der Waals surface area contributed by atoms with Crippen LogP contribution in [0.3, 0.4) is 0 Å². The fraction of sp³-hybridized carbons (Fsp3) is 0.500. The van der Waals surface area contributed by atoms with Crippen molar-refractivity contribution in [3.05, 3.63) is 51.7 Å². The van der Waals surface area contributed by atoms with Crippen molar-refractivity contribution in [2.24, 2.45) is 0 Å². The number of hydrogen-bond donors (Lipinski definition) is 0. The Morgan fingerprint density at radius 2 is 2.00 bits per heavy atom. The van der Waals surface area contributed by atoms with Crippen molar-refractivity contribution < 1.29 is 22.4 Å². The Kier molecular flexibility index (Phi) is 4.51. The van der Waals surface area contributed by atoms with Crippen LogP contribution >= 0.6 is 0 Å². The number of rotatable bonds is 3. The highest BCUT2D eigenvalue weighted by Crippen LogP contribution is 2.30. The van der Waals surface area contributed by atoms with Gasteiger partial charge in [0, 0.05) is 6.42 Å². The number of carbonyl (C=O) groups excluding carboxylic acids is 1. The second-order valence-corrected chi connectivity index (χ2v) is 7.17. The quantitative estimate of drug-likeness (QED) is 0.745. The number of halogens is 4. The summed E-state index contributed by atoms with van der Waals surface area (Å²) in [6, 6.07) is 3.98. The number of amides is 1. The van der Waals surface area contributed by atoms with E-state index in [4.69, 9.17) is 0 Å². The van der Waals surface area contributed by atoms with E-state index < -0.39 is 29.6 Å². The molecule has 0 N–H and O–H groups in total. The highest BCUT2D eigenvalue weighted by Gasteiger charge is 2.38. The molecule has 2 aliphatic heterocycles. The van der Waals surface area contributed by atoms with E-state index in [1.807, 2.05) is 0 Å². The molecule has 1 aromatic carbocycles. The zero-order chi connectivity index (χ0) is 20.1. The SMILES string of the molecule is O=C([C@@H]1CCCc2nn(Cc3cccc(C(F)(F)F)c3)c(=O)n21)N1CC(F)C1.